The van der Waals surface area contributed by atoms with Gasteiger partial charge in [-0.2, -0.15) is 0 Å². The van der Waals surface area contributed by atoms with E-state index in [1.807, 2.05) is 38.1 Å². The highest BCUT2D eigenvalue weighted by Crippen LogP contribution is 2.22. The number of aromatic nitrogens is 1. The first-order chi connectivity index (χ1) is 11.5. The minimum absolute atomic E-state index is 0.0215. The van der Waals surface area contributed by atoms with E-state index in [1.165, 1.54) is 0 Å². The first kappa shape index (κ1) is 16.3. The van der Waals surface area contributed by atoms with E-state index < -0.39 is 0 Å². The lowest BCUT2D eigenvalue weighted by molar-refractivity contribution is -0.118. The number of thiazole rings is 1. The summed E-state index contributed by atoms with van der Waals surface area (Å²) in [5, 5.41) is 2.80. The maximum Gasteiger partial charge on any atom is 0.307 e. The Labute approximate surface area is 143 Å². The summed E-state index contributed by atoms with van der Waals surface area (Å²) in [5.74, 6) is 0.473. The van der Waals surface area contributed by atoms with E-state index in [4.69, 9.17) is 4.74 Å². The fourth-order valence-electron chi connectivity index (χ4n) is 2.43. The lowest BCUT2D eigenvalue weighted by atomic mass is 10.1. The lowest BCUT2D eigenvalue weighted by Gasteiger charge is -2.11. The number of anilines is 1. The van der Waals surface area contributed by atoms with Crippen molar-refractivity contribution in [3.63, 3.8) is 0 Å². The van der Waals surface area contributed by atoms with E-state index in [0.717, 1.165) is 32.7 Å². The molecule has 1 N–H and O–H groups in total. The van der Waals surface area contributed by atoms with Crippen LogP contribution < -0.4 is 14.9 Å². The number of nitrogens with zero attached hydrogens (tertiary/aromatic N) is 1. The maximum absolute atomic E-state index is 12.1. The van der Waals surface area contributed by atoms with Crippen LogP contribution in [0.5, 0.6) is 5.75 Å². The zero-order valence-corrected chi connectivity index (χ0v) is 14.6. The normalized spacial score (nSPS) is 10.8. The zero-order valence-electron chi connectivity index (χ0n) is 13.8. The van der Waals surface area contributed by atoms with Gasteiger partial charge < -0.3 is 14.6 Å². The van der Waals surface area contributed by atoms with Crippen molar-refractivity contribution < 1.29 is 9.53 Å². The number of nitrogens with one attached hydrogen (secondary N) is 1. The molecule has 3 aromatic rings. The predicted octanol–water partition coefficient (Wildman–Crippen LogP) is 3.23. The van der Waals surface area contributed by atoms with Crippen LogP contribution in [0.4, 0.5) is 5.69 Å². The zero-order chi connectivity index (χ0) is 17.3. The smallest absolute Gasteiger partial charge is 0.307 e. The molecule has 6 heteroatoms. The molecule has 0 unspecified atom stereocenters. The van der Waals surface area contributed by atoms with E-state index in [1.54, 1.807) is 23.7 Å². The fraction of sp³-hybridized carbons (Fsp3) is 0.222. The minimum Gasteiger partial charge on any atom is -0.483 e. The molecular weight excluding hydrogens is 324 g/mol. The summed E-state index contributed by atoms with van der Waals surface area (Å²) < 4.78 is 8.03. The van der Waals surface area contributed by atoms with Crippen LogP contribution in [0.3, 0.4) is 0 Å². The standard InChI is InChI=1S/C18H18N2O3S/c1-11-5-4-6-15(12(11)2)23-10-17(21)19-13-7-8-14-16(9-13)24-18(22)20(14)3/h4-9H,10H2,1-3H3,(H,19,21). The van der Waals surface area contributed by atoms with Crippen LogP contribution >= 0.6 is 11.3 Å². The number of hydrogen-bond acceptors (Lipinski definition) is 4. The fourth-order valence-corrected chi connectivity index (χ4v) is 3.35. The number of ether oxygens (including phenoxy) is 1. The van der Waals surface area contributed by atoms with Gasteiger partial charge in [-0.05, 0) is 49.2 Å². The van der Waals surface area contributed by atoms with Gasteiger partial charge >= 0.3 is 4.87 Å². The van der Waals surface area contributed by atoms with E-state index in [2.05, 4.69) is 5.32 Å². The highest BCUT2D eigenvalue weighted by atomic mass is 32.1. The topological polar surface area (TPSA) is 60.3 Å². The van der Waals surface area contributed by atoms with Gasteiger partial charge in [0.15, 0.2) is 6.61 Å². The number of carbonyl (C=O) groups is 1. The molecule has 0 spiro atoms. The average molecular weight is 342 g/mol. The third kappa shape index (κ3) is 3.19. The summed E-state index contributed by atoms with van der Waals surface area (Å²) >= 11 is 1.16. The number of fused-ring (bicyclic) bond motifs is 1. The van der Waals surface area contributed by atoms with Crippen LogP contribution in [-0.2, 0) is 11.8 Å². The molecule has 0 aliphatic heterocycles. The molecule has 0 aliphatic rings. The van der Waals surface area contributed by atoms with Crippen LogP contribution in [0.15, 0.2) is 41.2 Å². The Balaban J connectivity index is 1.68. The van der Waals surface area contributed by atoms with Crippen molar-refractivity contribution in [1.29, 1.82) is 0 Å². The van der Waals surface area contributed by atoms with Crippen molar-refractivity contribution in [2.45, 2.75) is 13.8 Å². The summed E-state index contributed by atoms with van der Waals surface area (Å²) in [6, 6.07) is 11.2. The Morgan fingerprint density at radius 1 is 1.25 bits per heavy atom. The van der Waals surface area contributed by atoms with Gasteiger partial charge in [-0.3, -0.25) is 9.59 Å². The van der Waals surface area contributed by atoms with Crippen LogP contribution in [0, 0.1) is 13.8 Å². The molecule has 1 heterocycles. The number of rotatable bonds is 4. The number of hydrogen-bond donors (Lipinski definition) is 1. The summed E-state index contributed by atoms with van der Waals surface area (Å²) in [7, 11) is 1.73. The largest absolute Gasteiger partial charge is 0.483 e. The van der Waals surface area contributed by atoms with Crippen molar-refractivity contribution in [3.05, 3.63) is 57.2 Å². The molecule has 0 atom stereocenters. The van der Waals surface area contributed by atoms with Crippen LogP contribution in [0.1, 0.15) is 11.1 Å². The minimum atomic E-state index is -0.237. The molecule has 0 radical (unpaired) electrons. The van der Waals surface area contributed by atoms with Crippen LogP contribution in [0.25, 0.3) is 10.2 Å². The van der Waals surface area contributed by atoms with Crippen LogP contribution in [0.2, 0.25) is 0 Å². The maximum atomic E-state index is 12.1. The molecule has 3 rings (SSSR count). The second-order valence-corrected chi connectivity index (χ2v) is 6.64. The van der Waals surface area contributed by atoms with Crippen molar-refractivity contribution >= 4 is 33.1 Å². The lowest BCUT2D eigenvalue weighted by Crippen LogP contribution is -2.20. The van der Waals surface area contributed by atoms with E-state index in [-0.39, 0.29) is 17.4 Å². The Kier molecular flexibility index (Phi) is 4.40. The van der Waals surface area contributed by atoms with Crippen molar-refractivity contribution in [3.8, 4) is 5.75 Å². The Hall–Kier alpha value is -2.60. The Morgan fingerprint density at radius 2 is 2.04 bits per heavy atom. The molecule has 124 valence electrons. The molecule has 0 fully saturated rings. The highest BCUT2D eigenvalue weighted by molar-refractivity contribution is 7.16. The molecule has 24 heavy (non-hydrogen) atoms. The van der Waals surface area contributed by atoms with E-state index in [0.29, 0.717) is 11.4 Å². The number of amides is 1. The monoisotopic (exact) mass is 342 g/mol. The Bertz CT molecular complexity index is 972. The molecule has 0 saturated carbocycles. The number of aryl methyl sites for hydroxylation is 2. The molecule has 1 amide bonds. The second kappa shape index (κ2) is 6.49. The van der Waals surface area contributed by atoms with Crippen molar-refractivity contribution in [2.24, 2.45) is 7.05 Å². The quantitative estimate of drug-likeness (QED) is 0.792. The molecular formula is C18H18N2O3S. The van der Waals surface area contributed by atoms with Crippen molar-refractivity contribution in [1.82, 2.24) is 4.57 Å². The van der Waals surface area contributed by atoms with Gasteiger partial charge in [0, 0.05) is 12.7 Å². The van der Waals surface area contributed by atoms with Crippen LogP contribution in [-0.4, -0.2) is 17.1 Å². The number of benzene rings is 2. The van der Waals surface area contributed by atoms with Gasteiger partial charge in [-0.25, -0.2) is 0 Å². The van der Waals surface area contributed by atoms with Gasteiger partial charge in [0.2, 0.25) is 0 Å². The summed E-state index contributed by atoms with van der Waals surface area (Å²) in [5.41, 5.74) is 3.66. The van der Waals surface area contributed by atoms with Gasteiger partial charge in [0.25, 0.3) is 5.91 Å². The first-order valence-electron chi connectivity index (χ1n) is 7.54. The highest BCUT2D eigenvalue weighted by Gasteiger charge is 2.09. The third-order valence-corrected chi connectivity index (χ3v) is 4.99. The first-order valence-corrected chi connectivity index (χ1v) is 8.36. The van der Waals surface area contributed by atoms with Gasteiger partial charge in [0.1, 0.15) is 5.75 Å². The molecule has 2 aromatic carbocycles. The van der Waals surface area contributed by atoms with Gasteiger partial charge in [-0.1, -0.05) is 23.5 Å². The summed E-state index contributed by atoms with van der Waals surface area (Å²) in [6.07, 6.45) is 0. The third-order valence-electron chi connectivity index (χ3n) is 3.99. The van der Waals surface area contributed by atoms with Gasteiger partial charge in [0.05, 0.1) is 10.2 Å². The predicted molar refractivity (Wildman–Crippen MR) is 97.1 cm³/mol. The van der Waals surface area contributed by atoms with Gasteiger partial charge in [-0.15, -0.1) is 0 Å². The molecule has 0 bridgehead atoms. The molecule has 5 nitrogen and oxygen atoms in total. The van der Waals surface area contributed by atoms with Crippen molar-refractivity contribution in [2.75, 3.05) is 11.9 Å². The Morgan fingerprint density at radius 3 is 2.83 bits per heavy atom. The molecule has 0 aliphatic carbocycles. The van der Waals surface area contributed by atoms with E-state index in [9.17, 15) is 9.59 Å². The summed E-state index contributed by atoms with van der Waals surface area (Å²) in [6.45, 7) is 3.91. The summed E-state index contributed by atoms with van der Waals surface area (Å²) in [4.78, 5) is 23.7. The van der Waals surface area contributed by atoms with E-state index >= 15 is 0 Å². The second-order valence-electron chi connectivity index (χ2n) is 5.64. The average Bonchev–Trinajstić information content (AvgIpc) is 2.83. The SMILES string of the molecule is Cc1cccc(OCC(=O)Nc2ccc3c(c2)sc(=O)n3C)c1C. The number of carbonyl (C=O) groups excluding carboxylic acids is 1. The molecule has 0 saturated heterocycles. The molecule has 1 aromatic heterocycles.